The maximum atomic E-state index is 14.4. The molecule has 0 unspecified atom stereocenters. The van der Waals surface area contributed by atoms with Crippen molar-refractivity contribution in [3.05, 3.63) is 64.7 Å². The largest absolute Gasteiger partial charge is 0.481 e. The first kappa shape index (κ1) is 25.5. The van der Waals surface area contributed by atoms with E-state index in [1.54, 1.807) is 31.2 Å². The molecule has 0 spiro atoms. The summed E-state index contributed by atoms with van der Waals surface area (Å²) >= 11 is 0. The molecule has 0 aliphatic carbocycles. The standard InChI is InChI=1S/C26H28FN7O4/c1-14-24-21(32-26(28)29-14)11-20(31-25(24)33-38-23(36)13-34-9-8-16(35)12-34)17-7-6-15(27)10-18(17)19-4-3-5-22(30-19)37-2/h3-7,10,16,20,35H,8-9,11-13H2,1-2H3,(H,31,33)(H2,28,29,32)/t16-,20-/m1/s1. The Labute approximate surface area is 218 Å². The second-order valence-electron chi connectivity index (χ2n) is 9.24. The number of hydrogen-bond donors (Lipinski definition) is 3. The normalized spacial score (nSPS) is 19.0. The number of nitrogens with zero attached hydrogens (tertiary/aromatic N) is 5. The second kappa shape index (κ2) is 10.7. The molecule has 4 N–H and O–H groups in total. The van der Waals surface area contributed by atoms with Gasteiger partial charge in [0.15, 0.2) is 5.84 Å². The van der Waals surface area contributed by atoms with Gasteiger partial charge in [-0.05, 0) is 37.1 Å². The molecule has 1 fully saturated rings. The van der Waals surface area contributed by atoms with E-state index in [0.29, 0.717) is 65.6 Å². The molecule has 0 radical (unpaired) electrons. The fourth-order valence-corrected chi connectivity index (χ4v) is 4.81. The van der Waals surface area contributed by atoms with Crippen LogP contribution in [0.25, 0.3) is 11.3 Å². The number of halogens is 1. The zero-order chi connectivity index (χ0) is 26.8. The average molecular weight is 522 g/mol. The number of carbonyl (C=O) groups excluding carboxylic acids is 1. The van der Waals surface area contributed by atoms with Gasteiger partial charge in [-0.2, -0.15) is 5.48 Å². The molecule has 12 heteroatoms. The summed E-state index contributed by atoms with van der Waals surface area (Å²) in [6, 6.07) is 9.15. The van der Waals surface area contributed by atoms with Crippen molar-refractivity contribution in [3.63, 3.8) is 0 Å². The number of nitrogens with one attached hydrogen (secondary N) is 1. The Bertz CT molecular complexity index is 1400. The van der Waals surface area contributed by atoms with E-state index in [1.165, 1.54) is 19.2 Å². The smallest absolute Gasteiger partial charge is 0.346 e. The summed E-state index contributed by atoms with van der Waals surface area (Å²) in [6.45, 7) is 2.82. The van der Waals surface area contributed by atoms with E-state index in [-0.39, 0.29) is 18.3 Å². The highest BCUT2D eigenvalue weighted by Gasteiger charge is 2.30. The van der Waals surface area contributed by atoms with E-state index in [9.17, 15) is 14.3 Å². The van der Waals surface area contributed by atoms with Crippen molar-refractivity contribution in [1.82, 2.24) is 25.3 Å². The van der Waals surface area contributed by atoms with Gasteiger partial charge in [0.25, 0.3) is 0 Å². The molecule has 3 aromatic rings. The third kappa shape index (κ3) is 5.41. The average Bonchev–Trinajstić information content (AvgIpc) is 3.30. The zero-order valence-electron chi connectivity index (χ0n) is 21.0. The van der Waals surface area contributed by atoms with Gasteiger partial charge >= 0.3 is 5.97 Å². The van der Waals surface area contributed by atoms with Crippen LogP contribution >= 0.6 is 0 Å². The number of rotatable bonds is 5. The highest BCUT2D eigenvalue weighted by Crippen LogP contribution is 2.36. The van der Waals surface area contributed by atoms with Gasteiger partial charge in [-0.15, -0.1) is 0 Å². The predicted octanol–water partition coefficient (Wildman–Crippen LogP) is 1.74. The molecule has 4 heterocycles. The Morgan fingerprint density at radius 1 is 1.26 bits per heavy atom. The molecule has 2 atom stereocenters. The summed E-state index contributed by atoms with van der Waals surface area (Å²) in [6.07, 6.45) is 0.527. The highest BCUT2D eigenvalue weighted by atomic mass is 19.1. The van der Waals surface area contributed by atoms with Crippen LogP contribution in [0.3, 0.4) is 0 Å². The number of hydrogen-bond acceptors (Lipinski definition) is 11. The number of aliphatic hydroxyl groups excluding tert-OH is 1. The third-order valence-corrected chi connectivity index (χ3v) is 6.54. The summed E-state index contributed by atoms with van der Waals surface area (Å²) in [5.74, 6) is -0.180. The minimum atomic E-state index is -0.525. The van der Waals surface area contributed by atoms with Gasteiger partial charge < -0.3 is 20.4 Å². The molecular weight excluding hydrogens is 493 g/mol. The first-order valence-electron chi connectivity index (χ1n) is 12.2. The number of methoxy groups -OCH3 is 1. The second-order valence-corrected chi connectivity index (χ2v) is 9.24. The van der Waals surface area contributed by atoms with Crippen LogP contribution in [0.15, 0.2) is 41.4 Å². The molecule has 11 nitrogen and oxygen atoms in total. The summed E-state index contributed by atoms with van der Waals surface area (Å²) in [4.78, 5) is 37.7. The number of aromatic nitrogens is 3. The number of anilines is 1. The SMILES string of the molecule is COc1cccc(-c2cc(F)ccc2[C@H]2Cc3nc(N)nc(C)c3C(NOC(=O)CN3CC[C@@H](O)C3)=N2)n1. The van der Waals surface area contributed by atoms with Crippen LogP contribution in [0.5, 0.6) is 5.88 Å². The van der Waals surface area contributed by atoms with E-state index in [2.05, 4.69) is 20.4 Å². The molecule has 5 rings (SSSR count). The molecule has 1 aromatic carbocycles. The molecule has 1 saturated heterocycles. The van der Waals surface area contributed by atoms with Crippen LogP contribution < -0.4 is 16.0 Å². The van der Waals surface area contributed by atoms with Gasteiger partial charge in [-0.1, -0.05) is 12.1 Å². The van der Waals surface area contributed by atoms with Gasteiger partial charge in [0, 0.05) is 31.1 Å². The van der Waals surface area contributed by atoms with Gasteiger partial charge in [0.05, 0.1) is 48.4 Å². The lowest BCUT2D eigenvalue weighted by Gasteiger charge is -2.26. The van der Waals surface area contributed by atoms with Crippen LogP contribution in [0.2, 0.25) is 0 Å². The number of fused-ring (bicyclic) bond motifs is 1. The fraction of sp³-hybridized carbons (Fsp3) is 0.346. The monoisotopic (exact) mass is 521 g/mol. The lowest BCUT2D eigenvalue weighted by atomic mass is 9.91. The first-order chi connectivity index (χ1) is 18.3. The van der Waals surface area contributed by atoms with E-state index >= 15 is 0 Å². The highest BCUT2D eigenvalue weighted by molar-refractivity contribution is 6.01. The number of nitrogen functional groups attached to an aromatic ring is 1. The number of aryl methyl sites for hydroxylation is 1. The maximum Gasteiger partial charge on any atom is 0.346 e. The van der Waals surface area contributed by atoms with Crippen molar-refractivity contribution in [3.8, 4) is 17.1 Å². The lowest BCUT2D eigenvalue weighted by molar-refractivity contribution is -0.148. The number of carbonyl (C=O) groups is 1. The number of ether oxygens (including phenoxy) is 1. The number of likely N-dealkylation sites (tertiary alicyclic amines) is 1. The molecular formula is C26H28FN7O4. The summed E-state index contributed by atoms with van der Waals surface area (Å²) < 4.78 is 19.6. The summed E-state index contributed by atoms with van der Waals surface area (Å²) in [5, 5.41) is 9.71. The van der Waals surface area contributed by atoms with E-state index < -0.39 is 23.9 Å². The number of nitrogens with two attached hydrogens (primary N) is 1. The summed E-state index contributed by atoms with van der Waals surface area (Å²) in [7, 11) is 1.51. The van der Waals surface area contributed by atoms with Crippen molar-refractivity contribution in [1.29, 1.82) is 0 Å². The number of benzene rings is 1. The fourth-order valence-electron chi connectivity index (χ4n) is 4.81. The van der Waals surface area contributed by atoms with E-state index in [4.69, 9.17) is 20.3 Å². The van der Waals surface area contributed by atoms with Crippen LogP contribution in [0.4, 0.5) is 10.3 Å². The minimum absolute atomic E-state index is 0.0223. The van der Waals surface area contributed by atoms with Crippen molar-refractivity contribution >= 4 is 17.8 Å². The van der Waals surface area contributed by atoms with Crippen molar-refractivity contribution < 1.29 is 23.9 Å². The number of β-amino-alcohol motifs (C(OH)–C–C–N with tert-alkyl or cyclic N) is 1. The molecule has 38 heavy (non-hydrogen) atoms. The quantitative estimate of drug-likeness (QED) is 0.424. The number of aliphatic hydroxyl groups is 1. The molecule has 2 aliphatic rings. The van der Waals surface area contributed by atoms with Crippen LogP contribution in [-0.4, -0.2) is 69.6 Å². The maximum absolute atomic E-state index is 14.4. The third-order valence-electron chi connectivity index (χ3n) is 6.54. The molecule has 0 saturated carbocycles. The zero-order valence-corrected chi connectivity index (χ0v) is 21.0. The molecule has 2 aliphatic heterocycles. The lowest BCUT2D eigenvalue weighted by Crippen LogP contribution is -2.37. The minimum Gasteiger partial charge on any atom is -0.481 e. The Kier molecular flexibility index (Phi) is 7.16. The number of aliphatic imine (C=N–C) groups is 1. The Hall–Kier alpha value is -4.16. The molecule has 0 amide bonds. The topological polar surface area (TPSA) is 148 Å². The number of amidine groups is 1. The molecule has 2 aromatic heterocycles. The van der Waals surface area contributed by atoms with Crippen LogP contribution in [0, 0.1) is 12.7 Å². The van der Waals surface area contributed by atoms with Crippen molar-refractivity contribution in [2.24, 2.45) is 4.99 Å². The van der Waals surface area contributed by atoms with E-state index in [1.807, 2.05) is 4.90 Å². The van der Waals surface area contributed by atoms with Crippen molar-refractivity contribution in [2.75, 3.05) is 32.5 Å². The summed E-state index contributed by atoms with van der Waals surface area (Å²) in [5.41, 5.74) is 12.2. The van der Waals surface area contributed by atoms with Crippen molar-refractivity contribution in [2.45, 2.75) is 31.9 Å². The number of pyridine rings is 1. The number of hydroxylamine groups is 1. The Morgan fingerprint density at radius 2 is 2.11 bits per heavy atom. The van der Waals surface area contributed by atoms with Crippen LogP contribution in [-0.2, 0) is 16.1 Å². The van der Waals surface area contributed by atoms with Crippen LogP contribution in [0.1, 0.15) is 35.0 Å². The van der Waals surface area contributed by atoms with E-state index in [0.717, 1.165) is 0 Å². The molecule has 0 bridgehead atoms. The van der Waals surface area contributed by atoms with Gasteiger partial charge in [0.1, 0.15) is 5.82 Å². The predicted molar refractivity (Wildman–Crippen MR) is 137 cm³/mol. The van der Waals surface area contributed by atoms with Gasteiger partial charge in [-0.3, -0.25) is 9.89 Å². The molecule has 198 valence electrons. The Morgan fingerprint density at radius 3 is 2.87 bits per heavy atom. The first-order valence-corrected chi connectivity index (χ1v) is 12.2. The van der Waals surface area contributed by atoms with Gasteiger partial charge in [-0.25, -0.2) is 24.1 Å². The van der Waals surface area contributed by atoms with Gasteiger partial charge in [0.2, 0.25) is 11.8 Å². The Balaban J connectivity index is 1.48.